The molecule has 1 saturated heterocycles. The highest BCUT2D eigenvalue weighted by Gasteiger charge is 2.57. The van der Waals surface area contributed by atoms with E-state index >= 15 is 0 Å². The van der Waals surface area contributed by atoms with Gasteiger partial charge in [0.2, 0.25) is 17.7 Å². The third-order valence-corrected chi connectivity index (χ3v) is 7.88. The molecule has 1 unspecified atom stereocenters. The van der Waals surface area contributed by atoms with Gasteiger partial charge in [-0.25, -0.2) is 0 Å². The quantitative estimate of drug-likeness (QED) is 0.547. The highest BCUT2D eigenvalue weighted by Crippen LogP contribution is 2.45. The summed E-state index contributed by atoms with van der Waals surface area (Å²) in [5.41, 5.74) is 2.68. The number of likely N-dealkylation sites (tertiary alicyclic amines) is 1. The lowest BCUT2D eigenvalue weighted by molar-refractivity contribution is -0.143. The first-order valence-corrected chi connectivity index (χ1v) is 12.4. The fourth-order valence-electron chi connectivity index (χ4n) is 5.61. The van der Waals surface area contributed by atoms with E-state index < -0.39 is 5.41 Å². The molecule has 3 heterocycles. The highest BCUT2D eigenvalue weighted by molar-refractivity contribution is 6.31. The molecule has 6 rings (SSSR count). The van der Waals surface area contributed by atoms with Gasteiger partial charge in [-0.3, -0.25) is 19.3 Å². The van der Waals surface area contributed by atoms with Crippen molar-refractivity contribution in [1.82, 2.24) is 14.8 Å². The van der Waals surface area contributed by atoms with Gasteiger partial charge >= 0.3 is 0 Å². The van der Waals surface area contributed by atoms with Gasteiger partial charge in [0.05, 0.1) is 12.5 Å². The van der Waals surface area contributed by atoms with Crippen LogP contribution in [-0.2, 0) is 32.8 Å². The average molecular weight is 492 g/mol. The predicted molar refractivity (Wildman–Crippen MR) is 131 cm³/mol. The van der Waals surface area contributed by atoms with Crippen molar-refractivity contribution < 1.29 is 19.1 Å². The van der Waals surface area contributed by atoms with Crippen LogP contribution in [0.25, 0.3) is 10.9 Å². The summed E-state index contributed by atoms with van der Waals surface area (Å²) in [6.07, 6.45) is 2.35. The fraction of sp³-hybridized carbons (Fsp3) is 0.370. The Kier molecular flexibility index (Phi) is 5.14. The molecule has 1 aromatic heterocycles. The molecule has 1 aliphatic carbocycles. The topological polar surface area (TPSA) is 82.7 Å². The molecule has 180 valence electrons. The van der Waals surface area contributed by atoms with Crippen molar-refractivity contribution >= 4 is 40.2 Å². The van der Waals surface area contributed by atoms with E-state index in [0.717, 1.165) is 35.0 Å². The van der Waals surface area contributed by atoms with Gasteiger partial charge in [0.1, 0.15) is 5.75 Å². The third-order valence-electron chi connectivity index (χ3n) is 7.65. The molecule has 0 bridgehead atoms. The lowest BCUT2D eigenvalue weighted by atomic mass is 9.75. The number of rotatable bonds is 5. The Hall–Kier alpha value is -3.32. The first kappa shape index (κ1) is 22.2. The number of fused-ring (bicyclic) bond motifs is 3. The van der Waals surface area contributed by atoms with Crippen LogP contribution in [-0.4, -0.2) is 52.2 Å². The van der Waals surface area contributed by atoms with E-state index in [9.17, 15) is 14.4 Å². The minimum atomic E-state index is -1.19. The monoisotopic (exact) mass is 491 g/mol. The van der Waals surface area contributed by atoms with Crippen LogP contribution in [0.3, 0.4) is 0 Å². The highest BCUT2D eigenvalue weighted by atomic mass is 35.5. The predicted octanol–water partition coefficient (Wildman–Crippen LogP) is 3.96. The SMILES string of the molecule is COc1ccc(C2(CC(=O)N3CCc4[nH]c5ccc(Cl)cc5c4C3)CC(=O)N(C3CC3)C2=O)cc1. The number of halogens is 1. The number of hydrogen-bond acceptors (Lipinski definition) is 4. The maximum atomic E-state index is 13.7. The Morgan fingerprint density at radius 1 is 1.17 bits per heavy atom. The average Bonchev–Trinajstić information content (AvgIpc) is 3.58. The second-order valence-electron chi connectivity index (χ2n) is 9.80. The number of carbonyl (C=O) groups excluding carboxylic acids is 3. The van der Waals surface area contributed by atoms with Crippen LogP contribution in [0.4, 0.5) is 0 Å². The Bertz CT molecular complexity index is 1360. The summed E-state index contributed by atoms with van der Waals surface area (Å²) in [7, 11) is 1.58. The lowest BCUT2D eigenvalue weighted by Crippen LogP contribution is -2.45. The standard InChI is InChI=1S/C27H26ClN3O4/c1-35-19-7-2-16(3-8-19)27(14-25(33)31(26(27)34)18-5-6-18)13-24(32)30-11-10-23-21(15-30)20-12-17(28)4-9-22(20)29-23/h2-4,7-9,12,18,29H,5-6,10-11,13-15H2,1H3. The molecule has 1 saturated carbocycles. The van der Waals surface area contributed by atoms with Crippen molar-refractivity contribution in [3.63, 3.8) is 0 Å². The van der Waals surface area contributed by atoms with Crippen LogP contribution < -0.4 is 4.74 Å². The van der Waals surface area contributed by atoms with Gasteiger partial charge < -0.3 is 14.6 Å². The molecule has 3 aliphatic rings. The van der Waals surface area contributed by atoms with Gasteiger partial charge in [-0.1, -0.05) is 23.7 Å². The molecule has 7 nitrogen and oxygen atoms in total. The van der Waals surface area contributed by atoms with Gasteiger partial charge in [0.15, 0.2) is 0 Å². The van der Waals surface area contributed by atoms with Crippen molar-refractivity contribution in [2.75, 3.05) is 13.7 Å². The fourth-order valence-corrected chi connectivity index (χ4v) is 5.78. The summed E-state index contributed by atoms with van der Waals surface area (Å²) in [5.74, 6) is 0.0997. The van der Waals surface area contributed by atoms with Crippen LogP contribution in [0.1, 0.15) is 42.5 Å². The van der Waals surface area contributed by atoms with E-state index in [-0.39, 0.29) is 36.6 Å². The van der Waals surface area contributed by atoms with E-state index in [1.54, 1.807) is 24.1 Å². The molecule has 1 N–H and O–H groups in total. The van der Waals surface area contributed by atoms with Crippen molar-refractivity contribution in [3.8, 4) is 5.75 Å². The minimum Gasteiger partial charge on any atom is -0.497 e. The van der Waals surface area contributed by atoms with Crippen LogP contribution in [0.2, 0.25) is 5.02 Å². The number of benzene rings is 2. The summed E-state index contributed by atoms with van der Waals surface area (Å²) in [6.45, 7) is 1.00. The van der Waals surface area contributed by atoms with Crippen molar-refractivity contribution in [2.45, 2.75) is 50.1 Å². The first-order chi connectivity index (χ1) is 16.9. The number of aromatic amines is 1. The number of imide groups is 1. The van der Waals surface area contributed by atoms with Gasteiger partial charge in [0.25, 0.3) is 0 Å². The Balaban J connectivity index is 1.32. The number of amides is 3. The van der Waals surface area contributed by atoms with Crippen LogP contribution in [0.5, 0.6) is 5.75 Å². The number of nitrogens with one attached hydrogen (secondary N) is 1. The minimum absolute atomic E-state index is 0.0161. The molecule has 3 aromatic rings. The number of aromatic nitrogens is 1. The largest absolute Gasteiger partial charge is 0.497 e. The molecule has 35 heavy (non-hydrogen) atoms. The van der Waals surface area contributed by atoms with Crippen LogP contribution in [0.15, 0.2) is 42.5 Å². The first-order valence-electron chi connectivity index (χ1n) is 12.0. The molecule has 0 radical (unpaired) electrons. The summed E-state index contributed by atoms with van der Waals surface area (Å²) >= 11 is 6.23. The van der Waals surface area contributed by atoms with Crippen LogP contribution >= 0.6 is 11.6 Å². The molecule has 3 amide bonds. The van der Waals surface area contributed by atoms with E-state index in [2.05, 4.69) is 4.98 Å². The van der Waals surface area contributed by atoms with E-state index in [1.807, 2.05) is 30.3 Å². The maximum absolute atomic E-state index is 13.7. The Morgan fingerprint density at radius 3 is 2.66 bits per heavy atom. The number of methoxy groups -OCH3 is 1. The molecule has 2 aliphatic heterocycles. The third kappa shape index (κ3) is 3.60. The molecular weight excluding hydrogens is 466 g/mol. The number of ether oxygens (including phenoxy) is 1. The Morgan fingerprint density at radius 2 is 1.94 bits per heavy atom. The number of nitrogens with zero attached hydrogens (tertiary/aromatic N) is 2. The van der Waals surface area contributed by atoms with Gasteiger partial charge in [-0.15, -0.1) is 0 Å². The van der Waals surface area contributed by atoms with Crippen molar-refractivity contribution in [3.05, 3.63) is 64.3 Å². The summed E-state index contributed by atoms with van der Waals surface area (Å²) in [6, 6.07) is 12.9. The molecular formula is C27H26ClN3O4. The maximum Gasteiger partial charge on any atom is 0.241 e. The molecule has 2 fully saturated rings. The summed E-state index contributed by atoms with van der Waals surface area (Å²) in [4.78, 5) is 47.1. The normalized spacial score (nSPS) is 22.1. The van der Waals surface area contributed by atoms with E-state index in [0.29, 0.717) is 35.8 Å². The van der Waals surface area contributed by atoms with E-state index in [4.69, 9.17) is 16.3 Å². The molecule has 8 heteroatoms. The lowest BCUT2D eigenvalue weighted by Gasteiger charge is -2.32. The zero-order chi connectivity index (χ0) is 24.3. The van der Waals surface area contributed by atoms with Crippen molar-refractivity contribution in [1.29, 1.82) is 0 Å². The second-order valence-corrected chi connectivity index (χ2v) is 10.2. The molecule has 2 aromatic carbocycles. The smallest absolute Gasteiger partial charge is 0.241 e. The molecule has 0 spiro atoms. The van der Waals surface area contributed by atoms with Crippen LogP contribution in [0, 0.1) is 0 Å². The second kappa shape index (κ2) is 8.12. The number of carbonyl (C=O) groups is 3. The zero-order valence-electron chi connectivity index (χ0n) is 19.5. The van der Waals surface area contributed by atoms with Gasteiger partial charge in [-0.2, -0.15) is 0 Å². The van der Waals surface area contributed by atoms with Gasteiger partial charge in [-0.05, 0) is 48.7 Å². The Labute approximate surface area is 208 Å². The number of H-pyrrole nitrogens is 1. The molecule has 1 atom stereocenters. The van der Waals surface area contributed by atoms with E-state index in [1.165, 1.54) is 4.90 Å². The zero-order valence-corrected chi connectivity index (χ0v) is 20.2. The van der Waals surface area contributed by atoms with Gasteiger partial charge in [0, 0.05) is 65.6 Å². The van der Waals surface area contributed by atoms with Crippen molar-refractivity contribution in [2.24, 2.45) is 0 Å². The summed E-state index contributed by atoms with van der Waals surface area (Å²) < 4.78 is 5.28. The number of hydrogen-bond donors (Lipinski definition) is 1. The summed E-state index contributed by atoms with van der Waals surface area (Å²) in [5, 5.41) is 1.67.